The maximum absolute atomic E-state index is 4.56. The van der Waals surface area contributed by atoms with E-state index in [0.717, 1.165) is 6.42 Å². The molecule has 0 aromatic carbocycles. The normalized spacial score (nSPS) is 16.8. The van der Waals surface area contributed by atoms with Gasteiger partial charge in [0.2, 0.25) is 0 Å². The van der Waals surface area contributed by atoms with Crippen LogP contribution in [0.25, 0.3) is 0 Å². The Kier molecular flexibility index (Phi) is 4.64. The summed E-state index contributed by atoms with van der Waals surface area (Å²) in [4.78, 5) is 4.56. The van der Waals surface area contributed by atoms with Crippen LogP contribution < -0.4 is 0 Å². The van der Waals surface area contributed by atoms with Crippen LogP contribution in [0.2, 0.25) is 0 Å². The molecule has 78 valence electrons. The molecule has 0 aliphatic heterocycles. The Labute approximate surface area is 87.6 Å². The molecule has 14 heavy (non-hydrogen) atoms. The zero-order valence-corrected chi connectivity index (χ0v) is 9.64. The quantitative estimate of drug-likeness (QED) is 0.589. The molecule has 0 N–H and O–H groups in total. The minimum absolute atomic E-state index is 1.10. The Balaban J connectivity index is 2.68. The van der Waals surface area contributed by atoms with Crippen LogP contribution in [-0.2, 0) is 0 Å². The van der Waals surface area contributed by atoms with Crippen molar-refractivity contribution < 1.29 is 0 Å². The zero-order valence-electron chi connectivity index (χ0n) is 9.64. The van der Waals surface area contributed by atoms with Gasteiger partial charge in [-0.2, -0.15) is 0 Å². The summed E-state index contributed by atoms with van der Waals surface area (Å²) in [6, 6.07) is 0. The molecule has 1 rings (SSSR count). The molecule has 0 atom stereocenters. The number of hydrogen-bond donors (Lipinski definition) is 0. The van der Waals surface area contributed by atoms with Gasteiger partial charge in [0, 0.05) is 11.9 Å². The second kappa shape index (κ2) is 5.79. The van der Waals surface area contributed by atoms with Gasteiger partial charge in [-0.25, -0.2) is 0 Å². The van der Waals surface area contributed by atoms with E-state index in [-0.39, 0.29) is 0 Å². The molecule has 0 aromatic rings. The first kappa shape index (κ1) is 11.2. The van der Waals surface area contributed by atoms with Crippen LogP contribution in [0.4, 0.5) is 0 Å². The van der Waals surface area contributed by atoms with E-state index in [1.165, 1.54) is 42.5 Å². The van der Waals surface area contributed by atoms with Crippen molar-refractivity contribution in [3.05, 3.63) is 22.9 Å². The highest BCUT2D eigenvalue weighted by Crippen LogP contribution is 2.28. The summed E-state index contributed by atoms with van der Waals surface area (Å²) in [6.45, 7) is 6.49. The van der Waals surface area contributed by atoms with Gasteiger partial charge < -0.3 is 0 Å². The van der Waals surface area contributed by atoms with Crippen molar-refractivity contribution in [1.29, 1.82) is 0 Å². The predicted molar refractivity (Wildman–Crippen MR) is 63.7 cm³/mol. The summed E-state index contributed by atoms with van der Waals surface area (Å²) < 4.78 is 0. The third-order valence-electron chi connectivity index (χ3n) is 2.36. The van der Waals surface area contributed by atoms with Gasteiger partial charge in [-0.3, -0.25) is 4.99 Å². The highest BCUT2D eigenvalue weighted by atomic mass is 14.7. The molecule has 1 nitrogen and oxygen atoms in total. The van der Waals surface area contributed by atoms with Crippen LogP contribution in [0, 0.1) is 0 Å². The van der Waals surface area contributed by atoms with Crippen LogP contribution in [0.1, 0.15) is 52.9 Å². The van der Waals surface area contributed by atoms with Gasteiger partial charge >= 0.3 is 0 Å². The monoisotopic (exact) mass is 191 g/mol. The molecule has 0 heterocycles. The standard InChI is InChI=1S/C13H21N/c1-4-5-9-14-13-8-6-7-12(13)10-11(2)3/h9-10H,4-8H2,1-3H3. The van der Waals surface area contributed by atoms with E-state index in [4.69, 9.17) is 0 Å². The van der Waals surface area contributed by atoms with Crippen LogP contribution in [-0.4, -0.2) is 6.21 Å². The molecule has 0 radical (unpaired) electrons. The lowest BCUT2D eigenvalue weighted by atomic mass is 10.1. The highest BCUT2D eigenvalue weighted by Gasteiger charge is 2.10. The summed E-state index contributed by atoms with van der Waals surface area (Å²) in [6.07, 6.45) is 10.3. The van der Waals surface area contributed by atoms with Crippen molar-refractivity contribution in [3.63, 3.8) is 0 Å². The lowest BCUT2D eigenvalue weighted by Gasteiger charge is -1.97. The number of allylic oxidation sites excluding steroid dienone is 4. The van der Waals surface area contributed by atoms with E-state index in [0.29, 0.717) is 0 Å². The molecule has 0 amide bonds. The van der Waals surface area contributed by atoms with E-state index < -0.39 is 0 Å². The molecular weight excluding hydrogens is 170 g/mol. The van der Waals surface area contributed by atoms with Gasteiger partial charge in [0.15, 0.2) is 0 Å². The summed E-state index contributed by atoms with van der Waals surface area (Å²) in [5.74, 6) is 0. The van der Waals surface area contributed by atoms with Gasteiger partial charge in [-0.15, -0.1) is 0 Å². The fourth-order valence-electron chi connectivity index (χ4n) is 1.71. The Morgan fingerprint density at radius 1 is 1.36 bits per heavy atom. The Morgan fingerprint density at radius 2 is 2.14 bits per heavy atom. The second-order valence-corrected chi connectivity index (χ2v) is 4.15. The molecule has 0 fully saturated rings. The molecule has 1 heteroatoms. The minimum Gasteiger partial charge on any atom is -0.265 e. The van der Waals surface area contributed by atoms with Crippen molar-refractivity contribution in [2.75, 3.05) is 0 Å². The maximum Gasteiger partial charge on any atom is 0.0431 e. The SMILES string of the molecule is CCCC=NC1=C(C=C(C)C)CCC1. The summed E-state index contributed by atoms with van der Waals surface area (Å²) in [7, 11) is 0. The van der Waals surface area contributed by atoms with E-state index in [1.54, 1.807) is 0 Å². The first-order chi connectivity index (χ1) is 6.74. The smallest absolute Gasteiger partial charge is 0.0431 e. The van der Waals surface area contributed by atoms with Crippen molar-refractivity contribution in [2.24, 2.45) is 4.99 Å². The molecule has 0 spiro atoms. The molecule has 1 aliphatic carbocycles. The Hall–Kier alpha value is -0.850. The molecule has 0 unspecified atom stereocenters. The minimum atomic E-state index is 1.10. The molecule has 1 aliphatic rings. The van der Waals surface area contributed by atoms with Gasteiger partial charge in [-0.1, -0.05) is 25.0 Å². The number of unbranched alkanes of at least 4 members (excludes halogenated alkanes) is 1. The van der Waals surface area contributed by atoms with Gasteiger partial charge in [0.1, 0.15) is 0 Å². The Morgan fingerprint density at radius 3 is 2.79 bits per heavy atom. The predicted octanol–water partition coefficient (Wildman–Crippen LogP) is 4.26. The number of rotatable bonds is 4. The zero-order chi connectivity index (χ0) is 10.4. The maximum atomic E-state index is 4.56. The third kappa shape index (κ3) is 3.49. The van der Waals surface area contributed by atoms with Crippen molar-refractivity contribution in [2.45, 2.75) is 52.9 Å². The van der Waals surface area contributed by atoms with Gasteiger partial charge in [0.05, 0.1) is 0 Å². The third-order valence-corrected chi connectivity index (χ3v) is 2.36. The van der Waals surface area contributed by atoms with Crippen LogP contribution in [0.5, 0.6) is 0 Å². The van der Waals surface area contributed by atoms with E-state index >= 15 is 0 Å². The average molecular weight is 191 g/mol. The molecule has 0 saturated carbocycles. The molecule has 0 aromatic heterocycles. The summed E-state index contributed by atoms with van der Waals surface area (Å²) in [5.41, 5.74) is 4.15. The lowest BCUT2D eigenvalue weighted by Crippen LogP contribution is -1.80. The number of hydrogen-bond acceptors (Lipinski definition) is 1. The van der Waals surface area contributed by atoms with Crippen molar-refractivity contribution >= 4 is 6.21 Å². The van der Waals surface area contributed by atoms with Crippen LogP contribution in [0.15, 0.2) is 27.9 Å². The first-order valence-corrected chi connectivity index (χ1v) is 5.63. The molecular formula is C13H21N. The largest absolute Gasteiger partial charge is 0.265 e. The van der Waals surface area contributed by atoms with Crippen LogP contribution >= 0.6 is 0 Å². The average Bonchev–Trinajstić information content (AvgIpc) is 2.52. The molecule has 0 bridgehead atoms. The van der Waals surface area contributed by atoms with E-state index in [9.17, 15) is 0 Å². The number of nitrogens with zero attached hydrogens (tertiary/aromatic N) is 1. The summed E-state index contributed by atoms with van der Waals surface area (Å²) >= 11 is 0. The van der Waals surface area contributed by atoms with Gasteiger partial charge in [-0.05, 0) is 45.1 Å². The van der Waals surface area contributed by atoms with Crippen molar-refractivity contribution in [1.82, 2.24) is 0 Å². The first-order valence-electron chi connectivity index (χ1n) is 5.63. The summed E-state index contributed by atoms with van der Waals surface area (Å²) in [5, 5.41) is 0. The molecule has 0 saturated heterocycles. The number of aliphatic imine (C=N–C) groups is 1. The van der Waals surface area contributed by atoms with Crippen LogP contribution in [0.3, 0.4) is 0 Å². The van der Waals surface area contributed by atoms with Gasteiger partial charge in [0.25, 0.3) is 0 Å². The van der Waals surface area contributed by atoms with E-state index in [1.807, 2.05) is 0 Å². The fraction of sp³-hybridized carbons (Fsp3) is 0.615. The second-order valence-electron chi connectivity index (χ2n) is 4.15. The fourth-order valence-corrected chi connectivity index (χ4v) is 1.71. The topological polar surface area (TPSA) is 12.4 Å². The highest BCUT2D eigenvalue weighted by molar-refractivity contribution is 5.59. The lowest BCUT2D eigenvalue weighted by molar-refractivity contribution is 0.892. The van der Waals surface area contributed by atoms with Crippen molar-refractivity contribution in [3.8, 4) is 0 Å². The Bertz CT molecular complexity index is 265. The van der Waals surface area contributed by atoms with E-state index in [2.05, 4.69) is 38.1 Å².